The normalized spacial score (nSPS) is 23.6. The highest BCUT2D eigenvalue weighted by Gasteiger charge is 2.31. The van der Waals surface area contributed by atoms with Crippen molar-refractivity contribution < 1.29 is 0 Å². The summed E-state index contributed by atoms with van der Waals surface area (Å²) in [6.45, 7) is 4.59. The van der Waals surface area contributed by atoms with Crippen LogP contribution >= 0.6 is 0 Å². The summed E-state index contributed by atoms with van der Waals surface area (Å²) in [5.74, 6) is 0.580. The number of imidazole rings is 1. The van der Waals surface area contributed by atoms with Gasteiger partial charge >= 0.3 is 0 Å². The summed E-state index contributed by atoms with van der Waals surface area (Å²) < 4.78 is 2.27. The predicted octanol–water partition coefficient (Wildman–Crippen LogP) is 3.96. The van der Waals surface area contributed by atoms with Gasteiger partial charge < -0.3 is 9.88 Å². The molecule has 3 nitrogen and oxygen atoms in total. The molecule has 1 aromatic carbocycles. The van der Waals surface area contributed by atoms with Gasteiger partial charge in [-0.05, 0) is 30.7 Å². The molecule has 3 rings (SSSR count). The molecule has 1 saturated carbocycles. The third-order valence-electron chi connectivity index (χ3n) is 4.61. The number of rotatable bonds is 5. The Hall–Kier alpha value is -1.61. The van der Waals surface area contributed by atoms with Crippen molar-refractivity contribution in [2.75, 3.05) is 0 Å². The van der Waals surface area contributed by atoms with Crippen molar-refractivity contribution in [1.82, 2.24) is 14.9 Å². The molecular formula is C18H25N3. The number of hydrogen-bond acceptors (Lipinski definition) is 2. The maximum Gasteiger partial charge on any atom is 0.0949 e. The highest BCUT2D eigenvalue weighted by molar-refractivity contribution is 5.20. The summed E-state index contributed by atoms with van der Waals surface area (Å²) in [5.41, 5.74) is 1.39. The second-order valence-electron chi connectivity index (χ2n) is 6.41. The van der Waals surface area contributed by atoms with Gasteiger partial charge in [-0.2, -0.15) is 0 Å². The maximum atomic E-state index is 4.21. The number of benzene rings is 1. The first-order valence-electron chi connectivity index (χ1n) is 8.04. The van der Waals surface area contributed by atoms with E-state index < -0.39 is 0 Å². The molecule has 1 heterocycles. The minimum Gasteiger partial charge on any atom is -0.333 e. The molecule has 0 radical (unpaired) electrons. The van der Waals surface area contributed by atoms with Crippen molar-refractivity contribution >= 4 is 0 Å². The van der Waals surface area contributed by atoms with E-state index in [1.54, 1.807) is 0 Å². The molecule has 21 heavy (non-hydrogen) atoms. The minimum atomic E-state index is 0.417. The number of nitrogens with one attached hydrogen (secondary N) is 1. The first-order chi connectivity index (χ1) is 10.3. The predicted molar refractivity (Wildman–Crippen MR) is 86.1 cm³/mol. The molecule has 1 aliphatic carbocycles. The lowest BCUT2D eigenvalue weighted by molar-refractivity contribution is 0.310. The van der Waals surface area contributed by atoms with Gasteiger partial charge in [-0.1, -0.05) is 44.2 Å². The van der Waals surface area contributed by atoms with Gasteiger partial charge in [0.25, 0.3) is 0 Å². The fraction of sp³-hybridized carbons (Fsp3) is 0.500. The Morgan fingerprint density at radius 3 is 2.67 bits per heavy atom. The van der Waals surface area contributed by atoms with Gasteiger partial charge in [-0.3, -0.25) is 0 Å². The average molecular weight is 283 g/mol. The van der Waals surface area contributed by atoms with Crippen molar-refractivity contribution in [3.8, 4) is 0 Å². The van der Waals surface area contributed by atoms with E-state index in [-0.39, 0.29) is 0 Å². The highest BCUT2D eigenvalue weighted by Crippen LogP contribution is 2.33. The Kier molecular flexibility index (Phi) is 4.39. The van der Waals surface area contributed by atoms with Gasteiger partial charge in [0.05, 0.1) is 6.33 Å². The lowest BCUT2D eigenvalue weighted by atomic mass is 9.94. The minimum absolute atomic E-state index is 0.417. The smallest absolute Gasteiger partial charge is 0.0949 e. The first-order valence-corrected chi connectivity index (χ1v) is 8.04. The van der Waals surface area contributed by atoms with E-state index in [9.17, 15) is 0 Å². The van der Waals surface area contributed by atoms with E-state index in [4.69, 9.17) is 0 Å². The van der Waals surface area contributed by atoms with Gasteiger partial charge in [0.15, 0.2) is 0 Å². The zero-order valence-corrected chi connectivity index (χ0v) is 12.9. The summed E-state index contributed by atoms with van der Waals surface area (Å²) in [7, 11) is 0. The van der Waals surface area contributed by atoms with Gasteiger partial charge in [-0.15, -0.1) is 0 Å². The van der Waals surface area contributed by atoms with E-state index in [1.165, 1.54) is 24.8 Å². The zero-order chi connectivity index (χ0) is 14.7. The number of nitrogens with zero attached hydrogens (tertiary/aromatic N) is 2. The molecule has 0 spiro atoms. The lowest BCUT2D eigenvalue weighted by Crippen LogP contribution is -2.38. The van der Waals surface area contributed by atoms with Crippen LogP contribution in [0.2, 0.25) is 0 Å². The van der Waals surface area contributed by atoms with Crippen molar-refractivity contribution in [2.24, 2.45) is 5.92 Å². The van der Waals surface area contributed by atoms with Crippen LogP contribution in [0.15, 0.2) is 49.1 Å². The molecule has 1 fully saturated rings. The monoisotopic (exact) mass is 283 g/mol. The molecule has 3 heteroatoms. The average Bonchev–Trinajstić information content (AvgIpc) is 3.16. The molecule has 0 saturated heterocycles. The Balaban J connectivity index is 1.76. The second-order valence-corrected chi connectivity index (χ2v) is 6.41. The maximum absolute atomic E-state index is 4.21. The largest absolute Gasteiger partial charge is 0.333 e. The van der Waals surface area contributed by atoms with Crippen molar-refractivity contribution in [3.63, 3.8) is 0 Å². The third-order valence-corrected chi connectivity index (χ3v) is 4.61. The van der Waals surface area contributed by atoms with Crippen LogP contribution in [0, 0.1) is 5.92 Å². The van der Waals surface area contributed by atoms with Crippen LogP contribution in [0.25, 0.3) is 0 Å². The molecule has 112 valence electrons. The summed E-state index contributed by atoms with van der Waals surface area (Å²) >= 11 is 0. The van der Waals surface area contributed by atoms with Crippen LogP contribution in [-0.4, -0.2) is 15.6 Å². The fourth-order valence-electron chi connectivity index (χ4n) is 3.52. The Morgan fingerprint density at radius 1 is 1.19 bits per heavy atom. The molecule has 1 aliphatic rings. The quantitative estimate of drug-likeness (QED) is 0.900. The van der Waals surface area contributed by atoms with E-state index in [2.05, 4.69) is 65.2 Å². The van der Waals surface area contributed by atoms with Crippen LogP contribution in [0.1, 0.15) is 50.8 Å². The summed E-state index contributed by atoms with van der Waals surface area (Å²) in [6, 6.07) is 12.3. The molecule has 0 bridgehead atoms. The van der Waals surface area contributed by atoms with Crippen LogP contribution in [0.3, 0.4) is 0 Å². The van der Waals surface area contributed by atoms with Gasteiger partial charge in [0, 0.05) is 30.5 Å². The zero-order valence-electron chi connectivity index (χ0n) is 12.9. The highest BCUT2D eigenvalue weighted by atomic mass is 15.1. The van der Waals surface area contributed by atoms with Gasteiger partial charge in [0.2, 0.25) is 0 Å². The molecular weight excluding hydrogens is 258 g/mol. The standard InChI is InChI=1S/C18H25N3/c1-14(2)18(15-7-4-3-5-8-15)20-16-9-6-10-17(16)21-12-11-19-13-21/h3-5,7-8,11-14,16-18,20H,6,9-10H2,1-2H3. The lowest BCUT2D eigenvalue weighted by Gasteiger charge is -2.30. The van der Waals surface area contributed by atoms with Gasteiger partial charge in [-0.25, -0.2) is 4.98 Å². The number of aromatic nitrogens is 2. The number of hydrogen-bond donors (Lipinski definition) is 1. The molecule has 2 aromatic rings. The molecule has 3 unspecified atom stereocenters. The molecule has 0 aliphatic heterocycles. The van der Waals surface area contributed by atoms with Crippen molar-refractivity contribution in [1.29, 1.82) is 0 Å². The summed E-state index contributed by atoms with van der Waals surface area (Å²) in [6.07, 6.45) is 9.72. The molecule has 1 N–H and O–H groups in total. The van der Waals surface area contributed by atoms with Gasteiger partial charge in [0.1, 0.15) is 0 Å². The van der Waals surface area contributed by atoms with E-state index in [1.807, 2.05) is 12.5 Å². The second kappa shape index (κ2) is 6.44. The van der Waals surface area contributed by atoms with E-state index >= 15 is 0 Å². The third kappa shape index (κ3) is 3.18. The summed E-state index contributed by atoms with van der Waals surface area (Å²) in [4.78, 5) is 4.21. The van der Waals surface area contributed by atoms with Crippen LogP contribution in [-0.2, 0) is 0 Å². The van der Waals surface area contributed by atoms with Crippen LogP contribution < -0.4 is 5.32 Å². The SMILES string of the molecule is CC(C)C(NC1CCCC1n1ccnc1)c1ccccc1. The Bertz CT molecular complexity index is 533. The van der Waals surface area contributed by atoms with E-state index in [0.717, 1.165) is 0 Å². The molecule has 0 amide bonds. The molecule has 3 atom stereocenters. The first kappa shape index (κ1) is 14.3. The Morgan fingerprint density at radius 2 is 2.00 bits per heavy atom. The van der Waals surface area contributed by atoms with Crippen molar-refractivity contribution in [3.05, 3.63) is 54.6 Å². The Labute approximate surface area is 127 Å². The van der Waals surface area contributed by atoms with E-state index in [0.29, 0.717) is 24.0 Å². The van der Waals surface area contributed by atoms with Crippen LogP contribution in [0.5, 0.6) is 0 Å². The summed E-state index contributed by atoms with van der Waals surface area (Å²) in [5, 5.41) is 3.92. The van der Waals surface area contributed by atoms with Crippen LogP contribution in [0.4, 0.5) is 0 Å². The fourth-order valence-corrected chi connectivity index (χ4v) is 3.52. The molecule has 1 aromatic heterocycles. The van der Waals surface area contributed by atoms with Crippen molar-refractivity contribution in [2.45, 2.75) is 51.2 Å². The topological polar surface area (TPSA) is 29.9 Å².